The second kappa shape index (κ2) is 8.04. The largest absolute Gasteiger partial charge is 0.493 e. The molecule has 9 heteroatoms. The van der Waals surface area contributed by atoms with Gasteiger partial charge >= 0.3 is 10.1 Å². The first kappa shape index (κ1) is 20.5. The number of nitrogens with zero attached hydrogens (tertiary/aromatic N) is 4. The highest BCUT2D eigenvalue weighted by Crippen LogP contribution is 2.31. The van der Waals surface area contributed by atoms with E-state index in [0.29, 0.717) is 22.8 Å². The molecular formula is C20H22N4O4S. The smallest absolute Gasteiger partial charge is 0.339 e. The molecule has 0 saturated carbocycles. The third-order valence-electron chi connectivity index (χ3n) is 4.27. The fourth-order valence-electron chi connectivity index (χ4n) is 2.73. The summed E-state index contributed by atoms with van der Waals surface area (Å²) >= 11 is 0. The molecule has 0 unspecified atom stereocenters. The van der Waals surface area contributed by atoms with Crippen molar-refractivity contribution in [2.75, 3.05) is 7.11 Å². The van der Waals surface area contributed by atoms with Gasteiger partial charge in [-0.05, 0) is 68.7 Å². The van der Waals surface area contributed by atoms with E-state index < -0.39 is 10.1 Å². The molecule has 1 aromatic heterocycles. The Morgan fingerprint density at radius 2 is 1.66 bits per heavy atom. The van der Waals surface area contributed by atoms with Crippen molar-refractivity contribution >= 4 is 16.3 Å². The molecule has 0 aliphatic heterocycles. The molecule has 0 atom stereocenters. The average Bonchev–Trinajstić information content (AvgIpc) is 3.00. The zero-order valence-electron chi connectivity index (χ0n) is 16.9. The van der Waals surface area contributed by atoms with Gasteiger partial charge < -0.3 is 8.92 Å². The highest BCUT2D eigenvalue weighted by molar-refractivity contribution is 7.87. The van der Waals surface area contributed by atoms with Crippen LogP contribution in [-0.2, 0) is 10.1 Å². The lowest BCUT2D eigenvalue weighted by Crippen LogP contribution is -2.12. The van der Waals surface area contributed by atoms with E-state index in [4.69, 9.17) is 8.92 Å². The summed E-state index contributed by atoms with van der Waals surface area (Å²) in [6.07, 6.45) is 1.61. The first-order valence-electron chi connectivity index (χ1n) is 8.84. The van der Waals surface area contributed by atoms with Crippen LogP contribution in [0.25, 0.3) is 0 Å². The SMILES string of the molecule is COc1cc(C=Nn2c(C)nnc2C)ccc1OS(=O)(=O)c1cc(C)ccc1C. The molecule has 0 aliphatic rings. The molecule has 0 amide bonds. The minimum absolute atomic E-state index is 0.0993. The topological polar surface area (TPSA) is 95.7 Å². The summed E-state index contributed by atoms with van der Waals surface area (Å²) in [6, 6.07) is 10.1. The van der Waals surface area contributed by atoms with Gasteiger partial charge in [-0.3, -0.25) is 0 Å². The standard InChI is InChI=1S/C20H22N4O4S/c1-13-6-7-14(2)20(10-13)29(25,26)28-18-9-8-17(11-19(18)27-5)12-21-24-15(3)22-23-16(24)4/h6-12H,1-5H3. The van der Waals surface area contributed by atoms with Gasteiger partial charge in [-0.25, -0.2) is 4.68 Å². The van der Waals surface area contributed by atoms with Gasteiger partial charge in [-0.15, -0.1) is 10.2 Å². The van der Waals surface area contributed by atoms with Crippen molar-refractivity contribution in [3.8, 4) is 11.5 Å². The highest BCUT2D eigenvalue weighted by Gasteiger charge is 2.21. The van der Waals surface area contributed by atoms with Crippen LogP contribution in [0.3, 0.4) is 0 Å². The maximum Gasteiger partial charge on any atom is 0.339 e. The molecule has 0 radical (unpaired) electrons. The van der Waals surface area contributed by atoms with E-state index in [1.54, 1.807) is 55.9 Å². The molecule has 0 aliphatic carbocycles. The van der Waals surface area contributed by atoms with Gasteiger partial charge in [0.15, 0.2) is 23.1 Å². The highest BCUT2D eigenvalue weighted by atomic mass is 32.2. The first-order chi connectivity index (χ1) is 13.7. The van der Waals surface area contributed by atoms with Crippen LogP contribution in [0.4, 0.5) is 0 Å². The van der Waals surface area contributed by atoms with Crippen molar-refractivity contribution < 1.29 is 17.3 Å². The summed E-state index contributed by atoms with van der Waals surface area (Å²) in [5, 5.41) is 12.2. The maximum absolute atomic E-state index is 12.8. The fourth-order valence-corrected chi connectivity index (χ4v) is 3.98. The summed E-state index contributed by atoms with van der Waals surface area (Å²) in [5.41, 5.74) is 2.14. The third kappa shape index (κ3) is 4.45. The molecular weight excluding hydrogens is 392 g/mol. The Bertz CT molecular complexity index is 1160. The van der Waals surface area contributed by atoms with E-state index in [1.165, 1.54) is 13.2 Å². The molecule has 0 fully saturated rings. The molecule has 3 aromatic rings. The van der Waals surface area contributed by atoms with Crippen LogP contribution in [-0.4, -0.2) is 36.6 Å². The van der Waals surface area contributed by atoms with Crippen LogP contribution >= 0.6 is 0 Å². The molecule has 0 spiro atoms. The normalized spacial score (nSPS) is 11.8. The van der Waals surface area contributed by atoms with E-state index in [0.717, 1.165) is 5.56 Å². The van der Waals surface area contributed by atoms with Gasteiger partial charge in [0, 0.05) is 0 Å². The number of methoxy groups -OCH3 is 1. The molecule has 8 nitrogen and oxygen atoms in total. The Hall–Kier alpha value is -3.20. The first-order valence-corrected chi connectivity index (χ1v) is 10.2. The predicted octanol–water partition coefficient (Wildman–Crippen LogP) is 3.17. The Morgan fingerprint density at radius 1 is 0.966 bits per heavy atom. The number of aromatic nitrogens is 3. The van der Waals surface area contributed by atoms with Crippen LogP contribution in [0.2, 0.25) is 0 Å². The molecule has 29 heavy (non-hydrogen) atoms. The van der Waals surface area contributed by atoms with Crippen LogP contribution in [0, 0.1) is 27.7 Å². The monoisotopic (exact) mass is 414 g/mol. The molecule has 0 N–H and O–H groups in total. The van der Waals surface area contributed by atoms with E-state index >= 15 is 0 Å². The number of hydrogen-bond donors (Lipinski definition) is 0. The number of hydrogen-bond acceptors (Lipinski definition) is 7. The zero-order valence-corrected chi connectivity index (χ0v) is 17.7. The Labute approximate surface area is 169 Å². The van der Waals surface area contributed by atoms with Crippen molar-refractivity contribution in [2.24, 2.45) is 5.10 Å². The van der Waals surface area contributed by atoms with E-state index in [9.17, 15) is 8.42 Å². The van der Waals surface area contributed by atoms with E-state index in [2.05, 4.69) is 15.3 Å². The van der Waals surface area contributed by atoms with Gasteiger partial charge in [-0.1, -0.05) is 12.1 Å². The summed E-state index contributed by atoms with van der Waals surface area (Å²) in [5.74, 6) is 1.69. The molecule has 1 heterocycles. The second-order valence-electron chi connectivity index (χ2n) is 6.57. The van der Waals surface area contributed by atoms with Gasteiger partial charge in [0.25, 0.3) is 0 Å². The summed E-state index contributed by atoms with van der Waals surface area (Å²) in [4.78, 5) is 0.128. The quantitative estimate of drug-likeness (QED) is 0.454. The molecule has 152 valence electrons. The number of ether oxygens (including phenoxy) is 1. The van der Waals surface area contributed by atoms with Crippen LogP contribution in [0.15, 0.2) is 46.4 Å². The lowest BCUT2D eigenvalue weighted by molar-refractivity contribution is 0.390. The van der Waals surface area contributed by atoms with Gasteiger partial charge in [0.05, 0.1) is 13.3 Å². The summed E-state index contributed by atoms with van der Waals surface area (Å²) in [7, 11) is -2.56. The minimum atomic E-state index is -4.01. The summed E-state index contributed by atoms with van der Waals surface area (Å²) in [6.45, 7) is 7.15. The Morgan fingerprint density at radius 3 is 2.31 bits per heavy atom. The van der Waals surface area contributed by atoms with E-state index in [1.807, 2.05) is 13.0 Å². The predicted molar refractivity (Wildman–Crippen MR) is 109 cm³/mol. The van der Waals surface area contributed by atoms with Gasteiger partial charge in [0.2, 0.25) is 0 Å². The molecule has 3 rings (SSSR count). The molecule has 0 bridgehead atoms. The van der Waals surface area contributed by atoms with Gasteiger partial charge in [-0.2, -0.15) is 13.5 Å². The lowest BCUT2D eigenvalue weighted by atomic mass is 10.2. The summed E-state index contributed by atoms with van der Waals surface area (Å²) < 4.78 is 37.8. The zero-order chi connectivity index (χ0) is 21.2. The Kier molecular flexibility index (Phi) is 5.69. The number of benzene rings is 2. The van der Waals surface area contributed by atoms with Crippen molar-refractivity contribution in [1.82, 2.24) is 14.9 Å². The minimum Gasteiger partial charge on any atom is -0.493 e. The van der Waals surface area contributed by atoms with Crippen molar-refractivity contribution in [3.05, 3.63) is 64.7 Å². The maximum atomic E-state index is 12.8. The van der Waals surface area contributed by atoms with Crippen molar-refractivity contribution in [3.63, 3.8) is 0 Å². The van der Waals surface area contributed by atoms with Crippen LogP contribution < -0.4 is 8.92 Å². The Balaban J connectivity index is 1.90. The van der Waals surface area contributed by atoms with Crippen LogP contribution in [0.5, 0.6) is 11.5 Å². The van der Waals surface area contributed by atoms with E-state index in [-0.39, 0.29) is 16.4 Å². The van der Waals surface area contributed by atoms with Crippen molar-refractivity contribution in [2.45, 2.75) is 32.6 Å². The van der Waals surface area contributed by atoms with Crippen LogP contribution in [0.1, 0.15) is 28.3 Å². The number of aryl methyl sites for hydroxylation is 4. The third-order valence-corrected chi connectivity index (χ3v) is 5.65. The molecule has 0 saturated heterocycles. The molecule has 2 aromatic carbocycles. The number of rotatable bonds is 6. The lowest BCUT2D eigenvalue weighted by Gasteiger charge is -2.13. The second-order valence-corrected chi connectivity index (χ2v) is 8.08. The average molecular weight is 414 g/mol. The fraction of sp³-hybridized carbons (Fsp3) is 0.250. The van der Waals surface area contributed by atoms with Crippen molar-refractivity contribution in [1.29, 1.82) is 0 Å². The van der Waals surface area contributed by atoms with Gasteiger partial charge in [0.1, 0.15) is 4.90 Å².